The molecule has 150 valence electrons. The fourth-order valence-corrected chi connectivity index (χ4v) is 4.26. The van der Waals surface area contributed by atoms with Crippen molar-refractivity contribution >= 4 is 44.7 Å². The minimum absolute atomic E-state index is 0.00603. The van der Waals surface area contributed by atoms with Gasteiger partial charge < -0.3 is 0 Å². The molecule has 0 aliphatic heterocycles. The Morgan fingerprint density at radius 3 is 2.38 bits per heavy atom. The number of hydrogen-bond acceptors (Lipinski definition) is 5. The van der Waals surface area contributed by atoms with Gasteiger partial charge in [0.05, 0.1) is 15.6 Å². The molecule has 0 unspecified atom stereocenters. The number of halogens is 2. The molecular weight excluding hydrogens is 433 g/mol. The van der Waals surface area contributed by atoms with Gasteiger partial charge in [0.25, 0.3) is 10.0 Å². The third kappa shape index (κ3) is 4.42. The Morgan fingerprint density at radius 2 is 1.72 bits per heavy atom. The third-order valence-corrected chi connectivity index (χ3v) is 6.32. The number of rotatable bonds is 5. The molecule has 0 radical (unpaired) electrons. The lowest BCUT2D eigenvalue weighted by atomic mass is 10.0. The molecule has 2 aromatic heterocycles. The Morgan fingerprint density at radius 1 is 1.00 bits per heavy atom. The first-order valence-electron chi connectivity index (χ1n) is 8.51. The van der Waals surface area contributed by atoms with E-state index in [9.17, 15) is 13.2 Å². The summed E-state index contributed by atoms with van der Waals surface area (Å²) in [6.07, 6.45) is 2.89. The van der Waals surface area contributed by atoms with Crippen LogP contribution in [0.3, 0.4) is 0 Å². The lowest BCUT2D eigenvalue weighted by molar-refractivity contribution is 0.103. The topological polar surface area (TPSA) is 89.0 Å². The van der Waals surface area contributed by atoms with Crippen LogP contribution in [0.5, 0.6) is 0 Å². The van der Waals surface area contributed by atoms with Gasteiger partial charge in [0, 0.05) is 28.7 Å². The molecule has 0 fully saturated rings. The molecule has 0 aliphatic rings. The van der Waals surface area contributed by atoms with Gasteiger partial charge in [-0.05, 0) is 62.2 Å². The van der Waals surface area contributed by atoms with Crippen molar-refractivity contribution in [3.63, 3.8) is 0 Å². The van der Waals surface area contributed by atoms with Crippen molar-refractivity contribution in [2.45, 2.75) is 25.7 Å². The van der Waals surface area contributed by atoms with Crippen LogP contribution < -0.4 is 4.72 Å². The largest absolute Gasteiger partial charge is 0.287 e. The summed E-state index contributed by atoms with van der Waals surface area (Å²) in [4.78, 5) is 21.4. The van der Waals surface area contributed by atoms with E-state index < -0.39 is 15.8 Å². The van der Waals surface area contributed by atoms with E-state index in [0.717, 1.165) is 0 Å². The fourth-order valence-electron chi connectivity index (χ4n) is 2.84. The molecule has 0 spiro atoms. The summed E-state index contributed by atoms with van der Waals surface area (Å²) in [6, 6.07) is 7.38. The standard InChI is InChI=1S/C20H17Cl2N3O3S/c1-11-6-7-23-13(3)18(11)20(26)19-17(9-14(21)10-24-19)25-29(27,28)15-4-5-16(22)12(2)8-15/h4-10,25H,1-3H3. The van der Waals surface area contributed by atoms with Crippen LogP contribution in [0.4, 0.5) is 5.69 Å². The molecule has 0 saturated heterocycles. The van der Waals surface area contributed by atoms with E-state index in [1.54, 1.807) is 33.0 Å². The summed E-state index contributed by atoms with van der Waals surface area (Å²) in [6.45, 7) is 5.18. The number of nitrogens with one attached hydrogen (secondary N) is 1. The summed E-state index contributed by atoms with van der Waals surface area (Å²) in [5.41, 5.74) is 2.12. The quantitative estimate of drug-likeness (QED) is 0.568. The van der Waals surface area contributed by atoms with Gasteiger partial charge >= 0.3 is 0 Å². The van der Waals surface area contributed by atoms with Crippen molar-refractivity contribution in [1.82, 2.24) is 9.97 Å². The molecule has 3 aromatic rings. The highest BCUT2D eigenvalue weighted by molar-refractivity contribution is 7.92. The maximum atomic E-state index is 13.1. The van der Waals surface area contributed by atoms with E-state index in [0.29, 0.717) is 27.4 Å². The second-order valence-corrected chi connectivity index (χ2v) is 9.01. The van der Waals surface area contributed by atoms with Crippen LogP contribution in [0.2, 0.25) is 10.0 Å². The molecular formula is C20H17Cl2N3O3S. The van der Waals surface area contributed by atoms with Crippen molar-refractivity contribution in [1.29, 1.82) is 0 Å². The van der Waals surface area contributed by atoms with Crippen LogP contribution in [-0.4, -0.2) is 24.2 Å². The molecule has 9 heteroatoms. The highest BCUT2D eigenvalue weighted by atomic mass is 35.5. The summed E-state index contributed by atoms with van der Waals surface area (Å²) in [5, 5.41) is 0.637. The average Bonchev–Trinajstić information content (AvgIpc) is 2.63. The molecule has 6 nitrogen and oxygen atoms in total. The van der Waals surface area contributed by atoms with Crippen LogP contribution >= 0.6 is 23.2 Å². The molecule has 0 bridgehead atoms. The number of anilines is 1. The zero-order chi connectivity index (χ0) is 21.3. The number of nitrogens with zero attached hydrogens (tertiary/aromatic N) is 2. The van der Waals surface area contributed by atoms with Gasteiger partial charge in [-0.15, -0.1) is 0 Å². The van der Waals surface area contributed by atoms with E-state index in [1.807, 2.05) is 0 Å². The van der Waals surface area contributed by atoms with E-state index in [-0.39, 0.29) is 21.3 Å². The van der Waals surface area contributed by atoms with Crippen LogP contribution in [0, 0.1) is 20.8 Å². The Kier molecular flexibility index (Phi) is 5.93. The van der Waals surface area contributed by atoms with E-state index in [4.69, 9.17) is 23.2 Å². The van der Waals surface area contributed by atoms with E-state index in [1.165, 1.54) is 30.5 Å². The van der Waals surface area contributed by atoms with Crippen molar-refractivity contribution in [3.8, 4) is 0 Å². The van der Waals surface area contributed by atoms with Crippen molar-refractivity contribution < 1.29 is 13.2 Å². The molecule has 0 saturated carbocycles. The monoisotopic (exact) mass is 449 g/mol. The Labute approximate surface area is 179 Å². The first kappa shape index (κ1) is 21.2. The minimum Gasteiger partial charge on any atom is -0.287 e. The highest BCUT2D eigenvalue weighted by Gasteiger charge is 2.24. The predicted octanol–water partition coefficient (Wildman–Crippen LogP) is 4.74. The van der Waals surface area contributed by atoms with Gasteiger partial charge in [0.15, 0.2) is 0 Å². The fraction of sp³-hybridized carbons (Fsp3) is 0.150. The van der Waals surface area contributed by atoms with Crippen molar-refractivity contribution in [2.75, 3.05) is 4.72 Å². The molecule has 2 heterocycles. The minimum atomic E-state index is -4.00. The number of ketones is 1. The molecule has 0 aliphatic carbocycles. The molecule has 0 amide bonds. The van der Waals surface area contributed by atoms with Crippen LogP contribution in [0.1, 0.15) is 32.9 Å². The lowest BCUT2D eigenvalue weighted by Crippen LogP contribution is -2.18. The molecule has 3 rings (SSSR count). The average molecular weight is 450 g/mol. The number of hydrogen-bond donors (Lipinski definition) is 1. The van der Waals surface area contributed by atoms with Crippen molar-refractivity contribution in [2.24, 2.45) is 0 Å². The zero-order valence-electron chi connectivity index (χ0n) is 15.8. The second-order valence-electron chi connectivity index (χ2n) is 6.48. The van der Waals surface area contributed by atoms with E-state index >= 15 is 0 Å². The summed E-state index contributed by atoms with van der Waals surface area (Å²) >= 11 is 12.0. The maximum absolute atomic E-state index is 13.1. The van der Waals surface area contributed by atoms with Crippen LogP contribution in [-0.2, 0) is 10.0 Å². The normalized spacial score (nSPS) is 11.3. The number of sulfonamides is 1. The zero-order valence-corrected chi connectivity index (χ0v) is 18.2. The third-order valence-electron chi connectivity index (χ3n) is 4.33. The number of aromatic nitrogens is 2. The molecule has 29 heavy (non-hydrogen) atoms. The molecule has 0 atom stereocenters. The van der Waals surface area contributed by atoms with Gasteiger partial charge in [-0.3, -0.25) is 14.5 Å². The lowest BCUT2D eigenvalue weighted by Gasteiger charge is -2.14. The van der Waals surface area contributed by atoms with Crippen LogP contribution in [0.25, 0.3) is 0 Å². The van der Waals surface area contributed by atoms with Gasteiger partial charge in [-0.1, -0.05) is 23.2 Å². The Balaban J connectivity index is 2.08. The van der Waals surface area contributed by atoms with Gasteiger partial charge in [-0.25, -0.2) is 13.4 Å². The SMILES string of the molecule is Cc1cc(S(=O)(=O)Nc2cc(Cl)cnc2C(=O)c2c(C)ccnc2C)ccc1Cl. The highest BCUT2D eigenvalue weighted by Crippen LogP contribution is 2.27. The van der Waals surface area contributed by atoms with E-state index in [2.05, 4.69) is 14.7 Å². The number of carbonyl (C=O) groups is 1. The Bertz CT molecular complexity index is 1210. The van der Waals surface area contributed by atoms with Crippen molar-refractivity contribution in [3.05, 3.63) is 80.8 Å². The summed E-state index contributed by atoms with van der Waals surface area (Å²) in [5.74, 6) is -0.449. The van der Waals surface area contributed by atoms with Crippen LogP contribution in [0.15, 0.2) is 47.6 Å². The number of carbonyl (C=O) groups excluding carboxylic acids is 1. The predicted molar refractivity (Wildman–Crippen MR) is 113 cm³/mol. The summed E-state index contributed by atoms with van der Waals surface area (Å²) in [7, 11) is -4.00. The number of aryl methyl sites for hydroxylation is 3. The summed E-state index contributed by atoms with van der Waals surface area (Å²) < 4.78 is 28.2. The first-order valence-corrected chi connectivity index (χ1v) is 10.8. The second kappa shape index (κ2) is 8.10. The van der Waals surface area contributed by atoms with Gasteiger partial charge in [0.1, 0.15) is 5.69 Å². The molecule has 1 aromatic carbocycles. The van der Waals surface area contributed by atoms with Gasteiger partial charge in [0.2, 0.25) is 5.78 Å². The Hall–Kier alpha value is -2.48. The first-order chi connectivity index (χ1) is 13.6. The maximum Gasteiger partial charge on any atom is 0.261 e. The number of pyridine rings is 2. The molecule has 1 N–H and O–H groups in total. The smallest absolute Gasteiger partial charge is 0.261 e. The van der Waals surface area contributed by atoms with Gasteiger partial charge in [-0.2, -0.15) is 0 Å². The number of benzene rings is 1.